The maximum Gasteiger partial charge on any atom is 0.264 e. The number of morpholine rings is 1. The van der Waals surface area contributed by atoms with Crippen molar-refractivity contribution in [1.29, 1.82) is 0 Å². The molecule has 9 nitrogen and oxygen atoms in total. The SMILES string of the molecule is CCCC[C@](O)(C#CCCCN1CCOCC1)[C@@H]1CC[C@H]1CN1C[C@@]2(CCCc3cc(Cl)ccc32)COc2ccc(C(=O)NS(=O)(=O)C(C)C)cc21. The van der Waals surface area contributed by atoms with Crippen LogP contribution in [0.25, 0.3) is 0 Å². The molecule has 11 heteroatoms. The van der Waals surface area contributed by atoms with Crippen molar-refractivity contribution in [3.63, 3.8) is 0 Å². The monoisotopic (exact) mass is 753 g/mol. The Labute approximate surface area is 315 Å². The van der Waals surface area contributed by atoms with Gasteiger partial charge in [-0.1, -0.05) is 36.9 Å². The van der Waals surface area contributed by atoms with Crippen molar-refractivity contribution in [2.24, 2.45) is 11.8 Å². The molecule has 52 heavy (non-hydrogen) atoms. The lowest BCUT2D eigenvalue weighted by Gasteiger charge is -2.48. The minimum absolute atomic E-state index is 0.0227. The molecule has 0 unspecified atom stereocenters. The lowest BCUT2D eigenvalue weighted by atomic mass is 9.63. The number of anilines is 1. The molecule has 2 aliphatic heterocycles. The third kappa shape index (κ3) is 8.76. The standard InChI is InChI=1S/C41H56ClN3O6S/c1-4-5-18-41(47,19-7-6-8-20-44-21-23-50-24-22-44)36-14-11-33(36)27-45-28-40(17-9-10-31-25-34(42)13-15-35(31)40)29-51-38-16-12-32(26-37(38)45)39(46)43-52(48,49)30(2)3/h12-13,15-16,25-26,30,33,36,47H,4-6,8-11,14,17-18,20-24,27-29H2,1-3H3,(H,43,46)/t33-,36+,40-,41-/m0/s1. The number of fused-ring (bicyclic) bond motifs is 3. The van der Waals surface area contributed by atoms with Crippen LogP contribution >= 0.6 is 11.6 Å². The zero-order chi connectivity index (χ0) is 36.9. The fourth-order valence-electron chi connectivity index (χ4n) is 8.48. The van der Waals surface area contributed by atoms with E-state index in [1.54, 1.807) is 32.0 Å². The van der Waals surface area contributed by atoms with E-state index < -0.39 is 26.8 Å². The second-order valence-electron chi connectivity index (χ2n) is 15.6. The molecule has 4 aliphatic rings. The number of ether oxygens (including phenoxy) is 2. The van der Waals surface area contributed by atoms with Gasteiger partial charge in [-0.05, 0) is 119 Å². The molecule has 1 spiro atoms. The quantitative estimate of drug-likeness (QED) is 0.191. The smallest absolute Gasteiger partial charge is 0.264 e. The summed E-state index contributed by atoms with van der Waals surface area (Å²) in [5.41, 5.74) is 2.14. The average Bonchev–Trinajstić information content (AvgIpc) is 3.26. The molecular formula is C41H56ClN3O6S. The zero-order valence-electron chi connectivity index (χ0n) is 31.1. The molecule has 2 N–H and O–H groups in total. The van der Waals surface area contributed by atoms with Crippen LogP contribution in [-0.4, -0.2) is 87.7 Å². The minimum atomic E-state index is -3.81. The fraction of sp³-hybridized carbons (Fsp3) is 0.634. The van der Waals surface area contributed by atoms with E-state index >= 15 is 0 Å². The van der Waals surface area contributed by atoms with Gasteiger partial charge in [0, 0.05) is 54.5 Å². The van der Waals surface area contributed by atoms with Crippen LogP contribution in [-0.2, 0) is 26.6 Å². The van der Waals surface area contributed by atoms with Crippen LogP contribution in [0, 0.1) is 23.7 Å². The van der Waals surface area contributed by atoms with Crippen molar-refractivity contribution >= 4 is 33.2 Å². The van der Waals surface area contributed by atoms with Crippen LogP contribution in [0.1, 0.15) is 100 Å². The van der Waals surface area contributed by atoms with Crippen molar-refractivity contribution in [3.05, 3.63) is 58.1 Å². The van der Waals surface area contributed by atoms with E-state index in [9.17, 15) is 18.3 Å². The Morgan fingerprint density at radius 1 is 1.15 bits per heavy atom. The third-order valence-electron chi connectivity index (χ3n) is 11.7. The highest BCUT2D eigenvalue weighted by Crippen LogP contribution is 2.48. The fourth-order valence-corrected chi connectivity index (χ4v) is 9.29. The molecule has 2 fully saturated rings. The molecule has 1 amide bonds. The summed E-state index contributed by atoms with van der Waals surface area (Å²) >= 11 is 6.47. The number of carbonyl (C=O) groups excluding carboxylic acids is 1. The Balaban J connectivity index is 1.28. The molecule has 1 saturated carbocycles. The zero-order valence-corrected chi connectivity index (χ0v) is 32.7. The largest absolute Gasteiger partial charge is 0.490 e. The first kappa shape index (κ1) is 38.9. The van der Waals surface area contributed by atoms with Gasteiger partial charge in [0.25, 0.3) is 5.91 Å². The van der Waals surface area contributed by atoms with Gasteiger partial charge in [0.15, 0.2) is 0 Å². The summed E-state index contributed by atoms with van der Waals surface area (Å²) in [6.07, 6.45) is 9.04. The van der Waals surface area contributed by atoms with Crippen molar-refractivity contribution in [1.82, 2.24) is 9.62 Å². The van der Waals surface area contributed by atoms with Gasteiger partial charge >= 0.3 is 0 Å². The van der Waals surface area contributed by atoms with Gasteiger partial charge in [-0.15, -0.1) is 5.92 Å². The lowest BCUT2D eigenvalue weighted by molar-refractivity contribution is -0.0442. The molecular weight excluding hydrogens is 698 g/mol. The van der Waals surface area contributed by atoms with Gasteiger partial charge in [0.2, 0.25) is 10.0 Å². The second-order valence-corrected chi connectivity index (χ2v) is 18.3. The molecule has 2 aliphatic carbocycles. The molecule has 6 rings (SSSR count). The van der Waals surface area contributed by atoms with E-state index in [-0.39, 0.29) is 22.8 Å². The Bertz CT molecular complexity index is 1750. The van der Waals surface area contributed by atoms with E-state index in [4.69, 9.17) is 21.1 Å². The summed E-state index contributed by atoms with van der Waals surface area (Å²) in [5, 5.41) is 12.2. The average molecular weight is 754 g/mol. The molecule has 2 heterocycles. The molecule has 0 aromatic heterocycles. The minimum Gasteiger partial charge on any atom is -0.490 e. The number of sulfonamides is 1. The number of benzene rings is 2. The van der Waals surface area contributed by atoms with Crippen LogP contribution in [0.15, 0.2) is 36.4 Å². The van der Waals surface area contributed by atoms with E-state index in [1.165, 1.54) is 11.1 Å². The summed E-state index contributed by atoms with van der Waals surface area (Å²) in [4.78, 5) is 18.1. The number of aliphatic hydroxyl groups is 1. The predicted molar refractivity (Wildman–Crippen MR) is 207 cm³/mol. The van der Waals surface area contributed by atoms with Gasteiger partial charge in [0.05, 0.1) is 30.8 Å². The van der Waals surface area contributed by atoms with Crippen molar-refractivity contribution in [3.8, 4) is 17.6 Å². The summed E-state index contributed by atoms with van der Waals surface area (Å²) in [6, 6.07) is 11.4. The molecule has 284 valence electrons. The third-order valence-corrected chi connectivity index (χ3v) is 13.7. The van der Waals surface area contributed by atoms with Crippen LogP contribution in [0.3, 0.4) is 0 Å². The van der Waals surface area contributed by atoms with Crippen molar-refractivity contribution < 1.29 is 27.8 Å². The summed E-state index contributed by atoms with van der Waals surface area (Å²) in [7, 11) is -3.81. The Kier molecular flexibility index (Phi) is 12.5. The highest BCUT2D eigenvalue weighted by molar-refractivity contribution is 7.90. The number of nitrogens with zero attached hydrogens (tertiary/aromatic N) is 2. The number of hydrogen-bond acceptors (Lipinski definition) is 8. The van der Waals surface area contributed by atoms with E-state index in [0.717, 1.165) is 101 Å². The number of halogens is 1. The van der Waals surface area contributed by atoms with Crippen LogP contribution in [0.5, 0.6) is 5.75 Å². The number of rotatable bonds is 12. The van der Waals surface area contributed by atoms with Gasteiger partial charge < -0.3 is 19.5 Å². The summed E-state index contributed by atoms with van der Waals surface area (Å²) in [6.45, 7) is 11.5. The van der Waals surface area contributed by atoms with Gasteiger partial charge in [-0.25, -0.2) is 13.1 Å². The maximum atomic E-state index is 13.3. The van der Waals surface area contributed by atoms with Crippen LogP contribution in [0.4, 0.5) is 5.69 Å². The van der Waals surface area contributed by atoms with Gasteiger partial charge in [-0.3, -0.25) is 9.69 Å². The van der Waals surface area contributed by atoms with Gasteiger partial charge in [-0.2, -0.15) is 0 Å². The van der Waals surface area contributed by atoms with E-state index in [2.05, 4.69) is 45.4 Å². The topological polar surface area (TPSA) is 108 Å². The van der Waals surface area contributed by atoms with Crippen LogP contribution < -0.4 is 14.4 Å². The normalized spacial score (nSPS) is 24.4. The molecule has 4 atom stereocenters. The maximum absolute atomic E-state index is 13.3. The molecule has 2 aromatic rings. The van der Waals surface area contributed by atoms with Gasteiger partial charge in [0.1, 0.15) is 11.4 Å². The summed E-state index contributed by atoms with van der Waals surface area (Å²) in [5.74, 6) is 6.99. The molecule has 0 bridgehead atoms. The lowest BCUT2D eigenvalue weighted by Crippen LogP contribution is -2.52. The predicted octanol–water partition coefficient (Wildman–Crippen LogP) is 6.34. The Morgan fingerprint density at radius 3 is 2.69 bits per heavy atom. The van der Waals surface area contributed by atoms with E-state index in [1.807, 2.05) is 6.07 Å². The van der Waals surface area contributed by atoms with Crippen molar-refractivity contribution in [2.75, 3.05) is 57.4 Å². The number of hydrogen-bond donors (Lipinski definition) is 2. The highest BCUT2D eigenvalue weighted by Gasteiger charge is 2.48. The first-order valence-corrected chi connectivity index (χ1v) is 21.2. The van der Waals surface area contributed by atoms with Crippen LogP contribution in [0.2, 0.25) is 5.02 Å². The second kappa shape index (κ2) is 16.7. The molecule has 0 radical (unpaired) electrons. The Morgan fingerprint density at radius 2 is 1.96 bits per heavy atom. The number of unbranched alkanes of at least 4 members (excludes halogenated alkanes) is 2. The highest BCUT2D eigenvalue weighted by atomic mass is 35.5. The molecule has 2 aromatic carbocycles. The van der Waals surface area contributed by atoms with E-state index in [0.29, 0.717) is 31.9 Å². The number of carbonyl (C=O) groups is 1. The molecule has 1 saturated heterocycles. The number of aryl methyl sites for hydroxylation is 1. The first-order valence-electron chi connectivity index (χ1n) is 19.3. The number of nitrogens with one attached hydrogen (secondary N) is 1. The Hall–Kier alpha value is -2.81. The number of amides is 1. The summed E-state index contributed by atoms with van der Waals surface area (Å²) < 4.78 is 39.6. The van der Waals surface area contributed by atoms with Crippen molar-refractivity contribution in [2.45, 2.75) is 101 Å². The first-order chi connectivity index (χ1) is 24.9.